The molecule has 0 N–H and O–H groups in total. The van der Waals surface area contributed by atoms with E-state index in [0.717, 1.165) is 42.4 Å². The first-order valence-electron chi connectivity index (χ1n) is 13.0. The molecule has 5 nitrogen and oxygen atoms in total. The number of hydrogen-bond donors (Lipinski definition) is 0. The highest BCUT2D eigenvalue weighted by Crippen LogP contribution is 2.26. The molecule has 0 fully saturated rings. The summed E-state index contributed by atoms with van der Waals surface area (Å²) in [5.41, 5.74) is 0.436. The van der Waals surface area contributed by atoms with Gasteiger partial charge in [-0.3, -0.25) is 0 Å². The normalized spacial score (nSPS) is 13.5. The smallest absolute Gasteiger partial charge is 0.348 e. The predicted octanol–water partition coefficient (Wildman–Crippen LogP) is 7.93. The van der Waals surface area contributed by atoms with Crippen LogP contribution in [0.15, 0.2) is 60.9 Å². The molecule has 198 valence electrons. The number of ether oxygens (including phenoxy) is 2. The Hall–Kier alpha value is -3.35. The average Bonchev–Trinajstić information content (AvgIpc) is 2.91. The van der Waals surface area contributed by atoms with E-state index in [2.05, 4.69) is 9.97 Å². The summed E-state index contributed by atoms with van der Waals surface area (Å²) < 4.78 is 39.2. The van der Waals surface area contributed by atoms with E-state index in [-0.39, 0.29) is 18.8 Å². The number of carbonyl (C=O) groups excluding carboxylic acids is 1. The molecule has 0 aliphatic carbocycles. The first kappa shape index (κ1) is 28.2. The molecule has 2 aromatic carbocycles. The molecule has 2 atom stereocenters. The Morgan fingerprint density at radius 2 is 1.46 bits per heavy atom. The van der Waals surface area contributed by atoms with Gasteiger partial charge in [0.05, 0.1) is 0 Å². The lowest BCUT2D eigenvalue weighted by molar-refractivity contribution is -0.147. The lowest BCUT2D eigenvalue weighted by Crippen LogP contribution is -2.34. The quantitative estimate of drug-likeness (QED) is 0.125. The van der Waals surface area contributed by atoms with Crippen molar-refractivity contribution in [2.45, 2.75) is 77.6 Å². The van der Waals surface area contributed by atoms with Crippen molar-refractivity contribution in [1.82, 2.24) is 9.97 Å². The zero-order chi connectivity index (χ0) is 26.7. The minimum Gasteiger partial charge on any atom is -0.491 e. The number of rotatable bonds is 14. The molecule has 1 aromatic heterocycles. The third-order valence-corrected chi connectivity index (χ3v) is 6.14. The Labute approximate surface area is 218 Å². The van der Waals surface area contributed by atoms with E-state index >= 15 is 0 Å². The monoisotopic (exact) mass is 510 g/mol. The molecule has 0 spiro atoms. The lowest BCUT2D eigenvalue weighted by Gasteiger charge is -2.18. The number of carbonyl (C=O) groups is 1. The van der Waals surface area contributed by atoms with Crippen molar-refractivity contribution in [1.29, 1.82) is 0 Å². The fraction of sp³-hybridized carbons (Fsp3) is 0.433. The van der Waals surface area contributed by atoms with Crippen molar-refractivity contribution < 1.29 is 23.0 Å². The van der Waals surface area contributed by atoms with Crippen molar-refractivity contribution in [3.63, 3.8) is 0 Å². The molecule has 1 heterocycles. The van der Waals surface area contributed by atoms with Gasteiger partial charge in [-0.1, -0.05) is 51.7 Å². The SMILES string of the molecule is CCCCC[C@](C)(F)C(=O)Oc1ccc(-c2cnc(-c3ccc(OC[C@@H](F)CCCC)cc3)nc2)cc1. The van der Waals surface area contributed by atoms with Gasteiger partial charge in [0.1, 0.15) is 24.3 Å². The summed E-state index contributed by atoms with van der Waals surface area (Å²) in [4.78, 5) is 21.1. The van der Waals surface area contributed by atoms with Crippen LogP contribution in [-0.4, -0.2) is 34.4 Å². The molecule has 3 rings (SSSR count). The van der Waals surface area contributed by atoms with Crippen molar-refractivity contribution in [2.24, 2.45) is 0 Å². The lowest BCUT2D eigenvalue weighted by atomic mass is 10.0. The van der Waals surface area contributed by atoms with Crippen molar-refractivity contribution >= 4 is 5.97 Å². The van der Waals surface area contributed by atoms with Crippen LogP contribution in [0.25, 0.3) is 22.5 Å². The molecule has 0 saturated carbocycles. The molecule has 0 saturated heterocycles. The van der Waals surface area contributed by atoms with Crippen LogP contribution in [-0.2, 0) is 4.79 Å². The van der Waals surface area contributed by atoms with Gasteiger partial charge in [-0.25, -0.2) is 23.5 Å². The minimum absolute atomic E-state index is 0.0502. The topological polar surface area (TPSA) is 61.3 Å². The van der Waals surface area contributed by atoms with Gasteiger partial charge < -0.3 is 9.47 Å². The van der Waals surface area contributed by atoms with Gasteiger partial charge in [0.25, 0.3) is 0 Å². The number of aromatic nitrogens is 2. The molecule has 0 unspecified atom stereocenters. The summed E-state index contributed by atoms with van der Waals surface area (Å²) in [6.07, 6.45) is 7.42. The summed E-state index contributed by atoms with van der Waals surface area (Å²) in [5, 5.41) is 0. The molecule has 0 radical (unpaired) electrons. The fourth-order valence-electron chi connectivity index (χ4n) is 3.76. The third kappa shape index (κ3) is 8.62. The van der Waals surface area contributed by atoms with Crippen LogP contribution >= 0.6 is 0 Å². The van der Waals surface area contributed by atoms with Crippen LogP contribution in [0.2, 0.25) is 0 Å². The van der Waals surface area contributed by atoms with Crippen LogP contribution in [0.4, 0.5) is 8.78 Å². The Bertz CT molecular complexity index is 1100. The first-order chi connectivity index (χ1) is 17.8. The second-order valence-corrected chi connectivity index (χ2v) is 9.44. The zero-order valence-corrected chi connectivity index (χ0v) is 21.9. The summed E-state index contributed by atoms with van der Waals surface area (Å²) >= 11 is 0. The Balaban J connectivity index is 1.56. The van der Waals surface area contributed by atoms with Gasteiger partial charge in [0, 0.05) is 23.5 Å². The maximum absolute atomic E-state index is 14.6. The average molecular weight is 511 g/mol. The molecule has 3 aromatic rings. The highest BCUT2D eigenvalue weighted by molar-refractivity contribution is 5.81. The number of alkyl halides is 2. The maximum Gasteiger partial charge on any atom is 0.348 e. The Morgan fingerprint density at radius 3 is 2.08 bits per heavy atom. The molecule has 7 heteroatoms. The van der Waals surface area contributed by atoms with Crippen LogP contribution < -0.4 is 9.47 Å². The van der Waals surface area contributed by atoms with Crippen LogP contribution in [0.5, 0.6) is 11.5 Å². The molecule has 0 aliphatic heterocycles. The molecule has 0 aliphatic rings. The van der Waals surface area contributed by atoms with Crippen LogP contribution in [0.1, 0.15) is 65.7 Å². The molecule has 0 bridgehead atoms. The predicted molar refractivity (Wildman–Crippen MR) is 142 cm³/mol. The summed E-state index contributed by atoms with van der Waals surface area (Å²) in [6.45, 7) is 5.39. The van der Waals surface area contributed by atoms with Gasteiger partial charge >= 0.3 is 5.97 Å². The molecule has 0 amide bonds. The van der Waals surface area contributed by atoms with Gasteiger partial charge in [0.2, 0.25) is 5.67 Å². The third-order valence-electron chi connectivity index (χ3n) is 6.14. The number of hydrogen-bond acceptors (Lipinski definition) is 5. The van der Waals surface area contributed by atoms with Gasteiger partial charge in [-0.05, 0) is 68.1 Å². The highest BCUT2D eigenvalue weighted by Gasteiger charge is 2.34. The number of unbranched alkanes of at least 4 members (excludes halogenated alkanes) is 3. The van der Waals surface area contributed by atoms with Gasteiger partial charge in [-0.15, -0.1) is 0 Å². The van der Waals surface area contributed by atoms with E-state index in [0.29, 0.717) is 24.4 Å². The maximum atomic E-state index is 14.6. The van der Waals surface area contributed by atoms with E-state index in [4.69, 9.17) is 9.47 Å². The summed E-state index contributed by atoms with van der Waals surface area (Å²) in [5.74, 6) is 0.575. The fourth-order valence-corrected chi connectivity index (χ4v) is 3.76. The van der Waals surface area contributed by atoms with Crippen LogP contribution in [0, 0.1) is 0 Å². The van der Waals surface area contributed by atoms with Gasteiger partial charge in [0.15, 0.2) is 5.82 Å². The van der Waals surface area contributed by atoms with Crippen molar-refractivity contribution in [3.05, 3.63) is 60.9 Å². The standard InChI is InChI=1S/C30H36F2N2O3/c1-4-6-8-18-30(3,32)29(35)37-27-16-10-22(11-17-27)24-19-33-28(34-20-24)23-12-14-26(15-13-23)36-21-25(31)9-7-5-2/h10-17,19-20,25H,4-9,18,21H2,1-3H3/t25-,30-/m0/s1. The molecule has 37 heavy (non-hydrogen) atoms. The van der Waals surface area contributed by atoms with E-state index < -0.39 is 17.8 Å². The number of halogens is 2. The number of benzene rings is 2. The van der Waals surface area contributed by atoms with Crippen LogP contribution in [0.3, 0.4) is 0 Å². The van der Waals surface area contributed by atoms with E-state index in [1.165, 1.54) is 6.92 Å². The second kappa shape index (κ2) is 13.8. The first-order valence-corrected chi connectivity index (χ1v) is 13.0. The summed E-state index contributed by atoms with van der Waals surface area (Å²) in [7, 11) is 0. The van der Waals surface area contributed by atoms with E-state index in [9.17, 15) is 13.6 Å². The molecular formula is C30H36F2N2O3. The number of nitrogens with zero attached hydrogens (tertiary/aromatic N) is 2. The van der Waals surface area contributed by atoms with Crippen molar-refractivity contribution in [3.8, 4) is 34.0 Å². The second-order valence-electron chi connectivity index (χ2n) is 9.44. The Kier molecular flexibility index (Phi) is 10.5. The molecular weight excluding hydrogens is 474 g/mol. The number of esters is 1. The van der Waals surface area contributed by atoms with Gasteiger partial charge in [-0.2, -0.15) is 0 Å². The minimum atomic E-state index is -2.01. The highest BCUT2D eigenvalue weighted by atomic mass is 19.1. The summed E-state index contributed by atoms with van der Waals surface area (Å²) in [6, 6.07) is 14.1. The Morgan fingerprint density at radius 1 is 0.865 bits per heavy atom. The van der Waals surface area contributed by atoms with E-state index in [1.807, 2.05) is 26.0 Å². The van der Waals surface area contributed by atoms with Crippen molar-refractivity contribution in [2.75, 3.05) is 6.61 Å². The largest absolute Gasteiger partial charge is 0.491 e. The van der Waals surface area contributed by atoms with E-state index in [1.54, 1.807) is 48.8 Å². The zero-order valence-electron chi connectivity index (χ0n) is 21.9.